The first-order chi connectivity index (χ1) is 7.97. The first kappa shape index (κ1) is 15.2. The number of aliphatic carboxylic acids is 1. The second kappa shape index (κ2) is 8.34. The van der Waals surface area contributed by atoms with E-state index in [-0.39, 0.29) is 31.8 Å². The molecule has 0 aliphatic rings. The van der Waals surface area contributed by atoms with E-state index >= 15 is 0 Å². The predicted molar refractivity (Wildman–Crippen MR) is 58.3 cm³/mol. The fourth-order valence-electron chi connectivity index (χ4n) is 0.923. The summed E-state index contributed by atoms with van der Waals surface area (Å²) in [5, 5.41) is 24.4. The number of urea groups is 1. The van der Waals surface area contributed by atoms with Crippen LogP contribution in [0, 0.1) is 0 Å². The Balaban J connectivity index is 3.53. The van der Waals surface area contributed by atoms with Crippen LogP contribution in [-0.4, -0.2) is 54.4 Å². The van der Waals surface area contributed by atoms with E-state index in [2.05, 4.69) is 16.0 Å². The molecule has 8 nitrogen and oxygen atoms in total. The summed E-state index contributed by atoms with van der Waals surface area (Å²) in [6, 6.07) is -0.508. The van der Waals surface area contributed by atoms with E-state index in [0.717, 1.165) is 0 Å². The minimum atomic E-state index is -1.49. The molecule has 0 fully saturated rings. The van der Waals surface area contributed by atoms with Gasteiger partial charge in [-0.3, -0.25) is 4.79 Å². The summed E-state index contributed by atoms with van der Waals surface area (Å²) in [6.45, 7) is 0.228. The van der Waals surface area contributed by atoms with Crippen molar-refractivity contribution in [1.29, 1.82) is 0 Å². The summed E-state index contributed by atoms with van der Waals surface area (Å²) in [5.41, 5.74) is 0. The van der Waals surface area contributed by atoms with Crippen LogP contribution in [0.3, 0.4) is 0 Å². The van der Waals surface area contributed by atoms with Crippen LogP contribution in [0.4, 0.5) is 4.79 Å². The quantitative estimate of drug-likeness (QED) is 0.365. The van der Waals surface area contributed by atoms with Crippen molar-refractivity contribution in [1.82, 2.24) is 16.0 Å². The monoisotopic (exact) mass is 247 g/mol. The van der Waals surface area contributed by atoms with E-state index in [1.807, 2.05) is 0 Å². The molecule has 1 atom stereocenters. The first-order valence-electron chi connectivity index (χ1n) is 5.10. The zero-order valence-electron chi connectivity index (χ0n) is 9.52. The van der Waals surface area contributed by atoms with Crippen LogP contribution in [-0.2, 0) is 9.59 Å². The van der Waals surface area contributed by atoms with Crippen molar-refractivity contribution >= 4 is 17.9 Å². The number of hydrogen-bond acceptors (Lipinski definition) is 4. The van der Waals surface area contributed by atoms with Crippen LogP contribution in [0.5, 0.6) is 0 Å². The van der Waals surface area contributed by atoms with Crippen LogP contribution in [0.1, 0.15) is 12.8 Å². The van der Waals surface area contributed by atoms with Crippen LogP contribution >= 0.6 is 0 Å². The molecule has 3 amide bonds. The van der Waals surface area contributed by atoms with Gasteiger partial charge in [-0.2, -0.15) is 0 Å². The molecule has 98 valence electrons. The van der Waals surface area contributed by atoms with E-state index in [1.165, 1.54) is 7.05 Å². The molecule has 0 aliphatic carbocycles. The van der Waals surface area contributed by atoms with Gasteiger partial charge in [-0.25, -0.2) is 9.59 Å². The lowest BCUT2D eigenvalue weighted by Gasteiger charge is -2.08. The number of carbonyl (C=O) groups excluding carboxylic acids is 2. The van der Waals surface area contributed by atoms with E-state index in [4.69, 9.17) is 10.2 Å². The molecule has 0 spiro atoms. The van der Waals surface area contributed by atoms with E-state index in [9.17, 15) is 14.4 Å². The Labute approximate surface area is 98.4 Å². The highest BCUT2D eigenvalue weighted by atomic mass is 16.4. The smallest absolute Gasteiger partial charge is 0.332 e. The number of carboxylic acids is 1. The number of carboxylic acid groups (broad SMARTS) is 1. The zero-order chi connectivity index (χ0) is 13.3. The van der Waals surface area contributed by atoms with Crippen molar-refractivity contribution < 1.29 is 24.6 Å². The second-order valence-electron chi connectivity index (χ2n) is 3.25. The number of amides is 3. The lowest BCUT2D eigenvalue weighted by atomic mass is 10.2. The maximum absolute atomic E-state index is 11.1. The number of aliphatic hydroxyl groups excluding tert-OH is 1. The highest BCUT2D eigenvalue weighted by molar-refractivity contribution is 5.78. The highest BCUT2D eigenvalue weighted by Gasteiger charge is 2.12. The maximum atomic E-state index is 11.1. The lowest BCUT2D eigenvalue weighted by Crippen LogP contribution is -2.39. The van der Waals surface area contributed by atoms with Crippen molar-refractivity contribution in [2.45, 2.75) is 18.9 Å². The van der Waals surface area contributed by atoms with Gasteiger partial charge >= 0.3 is 12.0 Å². The molecule has 17 heavy (non-hydrogen) atoms. The average molecular weight is 247 g/mol. The lowest BCUT2D eigenvalue weighted by molar-refractivity contribution is -0.146. The van der Waals surface area contributed by atoms with Crippen molar-refractivity contribution in [3.8, 4) is 0 Å². The molecule has 5 N–H and O–H groups in total. The van der Waals surface area contributed by atoms with Crippen molar-refractivity contribution in [2.24, 2.45) is 0 Å². The summed E-state index contributed by atoms with van der Waals surface area (Å²) in [6.07, 6.45) is -1.39. The second-order valence-corrected chi connectivity index (χ2v) is 3.25. The van der Waals surface area contributed by atoms with Gasteiger partial charge in [0.05, 0.1) is 0 Å². The fraction of sp³-hybridized carbons (Fsp3) is 0.667. The van der Waals surface area contributed by atoms with Crippen LogP contribution in [0.15, 0.2) is 0 Å². The normalized spacial score (nSPS) is 11.4. The molecule has 0 rings (SSSR count). The number of aliphatic hydroxyl groups is 1. The Morgan fingerprint density at radius 3 is 2.29 bits per heavy atom. The number of carbonyl (C=O) groups is 3. The zero-order valence-corrected chi connectivity index (χ0v) is 9.52. The molecule has 0 aromatic heterocycles. The summed E-state index contributed by atoms with van der Waals surface area (Å²) in [4.78, 5) is 32.1. The predicted octanol–water partition coefficient (Wildman–Crippen LogP) is -1.74. The van der Waals surface area contributed by atoms with Crippen molar-refractivity contribution in [3.05, 3.63) is 0 Å². The fourth-order valence-corrected chi connectivity index (χ4v) is 0.923. The minimum Gasteiger partial charge on any atom is -0.479 e. The van der Waals surface area contributed by atoms with Crippen LogP contribution in [0.2, 0.25) is 0 Å². The Hall–Kier alpha value is -1.83. The number of hydrogen-bond donors (Lipinski definition) is 5. The summed E-state index contributed by atoms with van der Waals surface area (Å²) < 4.78 is 0. The van der Waals surface area contributed by atoms with Crippen LogP contribution in [0.25, 0.3) is 0 Å². The SMILES string of the molecule is CNC(=O)CCNC(=O)NCC[C@H](O)C(=O)O. The molecule has 0 saturated heterocycles. The van der Waals surface area contributed by atoms with Crippen molar-refractivity contribution in [2.75, 3.05) is 20.1 Å². The third-order valence-electron chi connectivity index (χ3n) is 1.90. The Morgan fingerprint density at radius 2 is 1.76 bits per heavy atom. The number of rotatable bonds is 7. The van der Waals surface area contributed by atoms with E-state index in [0.29, 0.717) is 0 Å². The average Bonchev–Trinajstić information content (AvgIpc) is 2.28. The molecule has 0 radical (unpaired) electrons. The van der Waals surface area contributed by atoms with Gasteiger partial charge in [0.1, 0.15) is 0 Å². The Morgan fingerprint density at radius 1 is 1.18 bits per heavy atom. The highest BCUT2D eigenvalue weighted by Crippen LogP contribution is 1.89. The standard InChI is InChI=1S/C9H17N3O5/c1-10-7(14)3-5-12-9(17)11-4-2-6(13)8(15)16/h6,13H,2-5H2,1H3,(H,10,14)(H,15,16)(H2,11,12,17)/t6-/m0/s1. The minimum absolute atomic E-state index is 0.0409. The van der Waals surface area contributed by atoms with E-state index in [1.54, 1.807) is 0 Å². The largest absolute Gasteiger partial charge is 0.479 e. The van der Waals surface area contributed by atoms with Gasteiger partial charge in [-0.1, -0.05) is 0 Å². The topological polar surface area (TPSA) is 128 Å². The molecule has 0 heterocycles. The molecule has 0 aliphatic heterocycles. The van der Waals surface area contributed by atoms with Gasteiger partial charge in [0, 0.05) is 33.0 Å². The third kappa shape index (κ3) is 8.03. The molecular weight excluding hydrogens is 230 g/mol. The summed E-state index contributed by atoms with van der Waals surface area (Å²) in [7, 11) is 1.50. The number of nitrogens with one attached hydrogen (secondary N) is 3. The Kier molecular flexibility index (Phi) is 7.44. The van der Waals surface area contributed by atoms with Crippen LogP contribution < -0.4 is 16.0 Å². The van der Waals surface area contributed by atoms with Gasteiger partial charge < -0.3 is 26.2 Å². The van der Waals surface area contributed by atoms with Gasteiger partial charge in [-0.15, -0.1) is 0 Å². The van der Waals surface area contributed by atoms with Crippen molar-refractivity contribution in [3.63, 3.8) is 0 Å². The van der Waals surface area contributed by atoms with Gasteiger partial charge in [0.2, 0.25) is 5.91 Å². The molecule has 8 heteroatoms. The van der Waals surface area contributed by atoms with Gasteiger partial charge in [0.15, 0.2) is 6.10 Å². The third-order valence-corrected chi connectivity index (χ3v) is 1.90. The summed E-state index contributed by atoms with van der Waals surface area (Å²) >= 11 is 0. The molecule has 0 saturated carbocycles. The van der Waals surface area contributed by atoms with E-state index < -0.39 is 18.1 Å². The Bertz CT molecular complexity index is 282. The van der Waals surface area contributed by atoms with Gasteiger partial charge in [0.25, 0.3) is 0 Å². The molecular formula is C9H17N3O5. The molecule has 0 aromatic rings. The first-order valence-corrected chi connectivity index (χ1v) is 5.10. The molecule has 0 bridgehead atoms. The molecule has 0 aromatic carbocycles. The van der Waals surface area contributed by atoms with Gasteiger partial charge in [-0.05, 0) is 0 Å². The molecule has 0 unspecified atom stereocenters. The summed E-state index contributed by atoms with van der Waals surface area (Å²) in [5.74, 6) is -1.52. The maximum Gasteiger partial charge on any atom is 0.332 e.